The van der Waals surface area contributed by atoms with Crippen molar-refractivity contribution in [3.8, 4) is 0 Å². The molecule has 3 atom stereocenters. The van der Waals surface area contributed by atoms with Crippen molar-refractivity contribution in [1.82, 2.24) is 10.2 Å². The maximum atomic E-state index is 3.67. The molecule has 17 heavy (non-hydrogen) atoms. The van der Waals surface area contributed by atoms with Crippen molar-refractivity contribution >= 4 is 11.8 Å². The Morgan fingerprint density at radius 2 is 2.12 bits per heavy atom. The number of thioether (sulfide) groups is 1. The predicted octanol–water partition coefficient (Wildman–Crippen LogP) is 2.73. The molecular weight excluding hydrogens is 228 g/mol. The molecule has 1 saturated heterocycles. The highest BCUT2D eigenvalue weighted by atomic mass is 32.2. The van der Waals surface area contributed by atoms with Crippen LogP contribution in [0.2, 0.25) is 0 Å². The normalized spacial score (nSPS) is 34.6. The van der Waals surface area contributed by atoms with Gasteiger partial charge in [-0.15, -0.1) is 0 Å². The zero-order chi connectivity index (χ0) is 12.1. The molecule has 1 saturated carbocycles. The standard InChI is InChI=1S/C14H28N2S/c1-3-8-15-12-7-9-16(11-12)13-5-6-14(10-13)17-4-2/h12-15H,3-11H2,1-2H3. The van der Waals surface area contributed by atoms with Crippen molar-refractivity contribution in [2.24, 2.45) is 0 Å². The van der Waals surface area contributed by atoms with Crippen LogP contribution in [-0.4, -0.2) is 47.6 Å². The van der Waals surface area contributed by atoms with E-state index in [1.54, 1.807) is 0 Å². The van der Waals surface area contributed by atoms with Crippen molar-refractivity contribution < 1.29 is 0 Å². The van der Waals surface area contributed by atoms with Crippen LogP contribution in [0.4, 0.5) is 0 Å². The summed E-state index contributed by atoms with van der Waals surface area (Å²) in [5.41, 5.74) is 0. The van der Waals surface area contributed by atoms with Gasteiger partial charge in [-0.3, -0.25) is 4.90 Å². The number of hydrogen-bond donors (Lipinski definition) is 1. The van der Waals surface area contributed by atoms with Crippen LogP contribution in [0.5, 0.6) is 0 Å². The summed E-state index contributed by atoms with van der Waals surface area (Å²) in [6.07, 6.45) is 6.96. The van der Waals surface area contributed by atoms with Crippen LogP contribution >= 0.6 is 11.8 Å². The van der Waals surface area contributed by atoms with E-state index in [0.29, 0.717) is 0 Å². The minimum absolute atomic E-state index is 0.771. The average Bonchev–Trinajstić information content (AvgIpc) is 2.95. The van der Waals surface area contributed by atoms with Gasteiger partial charge in [0.1, 0.15) is 0 Å². The van der Waals surface area contributed by atoms with Crippen LogP contribution in [0.1, 0.15) is 46.0 Å². The second-order valence-electron chi connectivity index (χ2n) is 5.48. The second-order valence-corrected chi connectivity index (χ2v) is 7.06. The highest BCUT2D eigenvalue weighted by Crippen LogP contribution is 2.33. The van der Waals surface area contributed by atoms with Crippen LogP contribution in [0, 0.1) is 0 Å². The van der Waals surface area contributed by atoms with Gasteiger partial charge in [0.15, 0.2) is 0 Å². The van der Waals surface area contributed by atoms with Crippen molar-refractivity contribution in [3.63, 3.8) is 0 Å². The minimum atomic E-state index is 0.771. The van der Waals surface area contributed by atoms with Gasteiger partial charge in [0.25, 0.3) is 0 Å². The van der Waals surface area contributed by atoms with Gasteiger partial charge in [-0.2, -0.15) is 11.8 Å². The predicted molar refractivity (Wildman–Crippen MR) is 77.8 cm³/mol. The first-order chi connectivity index (χ1) is 8.33. The Bertz CT molecular complexity index is 222. The smallest absolute Gasteiger partial charge is 0.0207 e. The largest absolute Gasteiger partial charge is 0.313 e. The summed E-state index contributed by atoms with van der Waals surface area (Å²) in [6.45, 7) is 8.36. The van der Waals surface area contributed by atoms with E-state index in [1.807, 2.05) is 0 Å². The summed E-state index contributed by atoms with van der Waals surface area (Å²) in [7, 11) is 0. The number of hydrogen-bond acceptors (Lipinski definition) is 3. The van der Waals surface area contributed by atoms with Gasteiger partial charge in [0.2, 0.25) is 0 Å². The van der Waals surface area contributed by atoms with Gasteiger partial charge in [-0.05, 0) is 44.4 Å². The van der Waals surface area contributed by atoms with Crippen LogP contribution in [0.15, 0.2) is 0 Å². The highest BCUT2D eigenvalue weighted by Gasteiger charge is 2.33. The summed E-state index contributed by atoms with van der Waals surface area (Å²) in [5.74, 6) is 1.29. The summed E-state index contributed by atoms with van der Waals surface area (Å²) >= 11 is 2.17. The molecule has 3 heteroatoms. The summed E-state index contributed by atoms with van der Waals surface area (Å²) in [4.78, 5) is 2.75. The topological polar surface area (TPSA) is 15.3 Å². The fraction of sp³-hybridized carbons (Fsp3) is 1.00. The molecule has 2 fully saturated rings. The third-order valence-corrected chi connectivity index (χ3v) is 5.41. The van der Waals surface area contributed by atoms with Gasteiger partial charge in [-0.1, -0.05) is 13.8 Å². The van der Waals surface area contributed by atoms with Gasteiger partial charge in [-0.25, -0.2) is 0 Å². The van der Waals surface area contributed by atoms with E-state index < -0.39 is 0 Å². The number of nitrogens with zero attached hydrogens (tertiary/aromatic N) is 1. The molecule has 0 aromatic heterocycles. The third-order valence-electron chi connectivity index (χ3n) is 4.18. The Morgan fingerprint density at radius 1 is 1.24 bits per heavy atom. The van der Waals surface area contributed by atoms with E-state index >= 15 is 0 Å². The first kappa shape index (κ1) is 13.7. The number of rotatable bonds is 6. The monoisotopic (exact) mass is 256 g/mol. The van der Waals surface area contributed by atoms with Crippen LogP contribution in [0.25, 0.3) is 0 Å². The fourth-order valence-electron chi connectivity index (χ4n) is 3.27. The summed E-state index contributed by atoms with van der Waals surface area (Å²) in [5, 5.41) is 4.63. The minimum Gasteiger partial charge on any atom is -0.313 e. The van der Waals surface area contributed by atoms with Crippen molar-refractivity contribution in [2.75, 3.05) is 25.4 Å². The van der Waals surface area contributed by atoms with Gasteiger partial charge < -0.3 is 5.32 Å². The molecular formula is C14H28N2S. The third kappa shape index (κ3) is 3.87. The molecule has 2 aliphatic rings. The van der Waals surface area contributed by atoms with E-state index in [0.717, 1.165) is 17.3 Å². The molecule has 2 rings (SSSR count). The summed E-state index contributed by atoms with van der Waals surface area (Å²) in [6, 6.07) is 1.67. The van der Waals surface area contributed by atoms with E-state index in [4.69, 9.17) is 0 Å². The van der Waals surface area contributed by atoms with Crippen molar-refractivity contribution in [2.45, 2.75) is 63.3 Å². The van der Waals surface area contributed by atoms with E-state index in [-0.39, 0.29) is 0 Å². The molecule has 1 N–H and O–H groups in total. The quantitative estimate of drug-likeness (QED) is 0.787. The molecule has 0 aromatic carbocycles. The first-order valence-corrected chi connectivity index (χ1v) is 8.47. The molecule has 1 heterocycles. The summed E-state index contributed by atoms with van der Waals surface area (Å²) < 4.78 is 0. The van der Waals surface area contributed by atoms with Crippen LogP contribution in [-0.2, 0) is 0 Å². The van der Waals surface area contributed by atoms with Gasteiger partial charge >= 0.3 is 0 Å². The molecule has 3 unspecified atom stereocenters. The number of likely N-dealkylation sites (tertiary alicyclic amines) is 1. The fourth-order valence-corrected chi connectivity index (χ4v) is 4.40. The molecule has 0 bridgehead atoms. The lowest BCUT2D eigenvalue weighted by atomic mass is 10.2. The average molecular weight is 256 g/mol. The molecule has 0 aromatic rings. The molecule has 100 valence electrons. The van der Waals surface area contributed by atoms with Gasteiger partial charge in [0.05, 0.1) is 0 Å². The Kier molecular flexibility index (Phi) is 5.64. The van der Waals surface area contributed by atoms with E-state index in [2.05, 4.69) is 35.8 Å². The Morgan fingerprint density at radius 3 is 2.88 bits per heavy atom. The number of nitrogens with one attached hydrogen (secondary N) is 1. The maximum absolute atomic E-state index is 3.67. The molecule has 0 spiro atoms. The lowest BCUT2D eigenvalue weighted by Crippen LogP contribution is -2.36. The lowest BCUT2D eigenvalue weighted by Gasteiger charge is -2.24. The van der Waals surface area contributed by atoms with Crippen LogP contribution < -0.4 is 5.32 Å². The van der Waals surface area contributed by atoms with Crippen LogP contribution in [0.3, 0.4) is 0 Å². The van der Waals surface area contributed by atoms with Crippen molar-refractivity contribution in [1.29, 1.82) is 0 Å². The van der Waals surface area contributed by atoms with E-state index in [9.17, 15) is 0 Å². The molecule has 1 aliphatic heterocycles. The first-order valence-electron chi connectivity index (χ1n) is 7.42. The molecule has 0 radical (unpaired) electrons. The Labute approximate surface area is 111 Å². The Hall–Kier alpha value is 0.270. The van der Waals surface area contributed by atoms with Gasteiger partial charge in [0, 0.05) is 30.4 Å². The highest BCUT2D eigenvalue weighted by molar-refractivity contribution is 7.99. The van der Waals surface area contributed by atoms with E-state index in [1.165, 1.54) is 57.5 Å². The van der Waals surface area contributed by atoms with Crippen molar-refractivity contribution in [3.05, 3.63) is 0 Å². The SMILES string of the molecule is CCCNC1CCN(C2CCC(SCC)C2)C1. The Balaban J connectivity index is 1.70. The second kappa shape index (κ2) is 7.01. The molecule has 0 amide bonds. The molecule has 2 nitrogen and oxygen atoms in total. The molecule has 1 aliphatic carbocycles. The zero-order valence-corrected chi connectivity index (χ0v) is 12.3. The maximum Gasteiger partial charge on any atom is 0.0207 e. The zero-order valence-electron chi connectivity index (χ0n) is 11.5. The lowest BCUT2D eigenvalue weighted by molar-refractivity contribution is 0.240.